The minimum absolute atomic E-state index is 0.139. The van der Waals surface area contributed by atoms with Gasteiger partial charge in [-0.25, -0.2) is 9.40 Å². The van der Waals surface area contributed by atoms with Crippen LogP contribution < -0.4 is 0 Å². The van der Waals surface area contributed by atoms with Crippen LogP contribution in [0.5, 0.6) is 0 Å². The largest absolute Gasteiger partial charge is 0.467 e. The topological polar surface area (TPSA) is 76.5 Å². The van der Waals surface area contributed by atoms with Crippen LogP contribution in [0.1, 0.15) is 42.0 Å². The van der Waals surface area contributed by atoms with Crippen molar-refractivity contribution in [1.82, 2.24) is 19.8 Å². The minimum atomic E-state index is -0.335. The molecule has 6 rings (SSSR count). The molecule has 1 amide bonds. The van der Waals surface area contributed by atoms with Gasteiger partial charge in [-0.1, -0.05) is 30.0 Å². The highest BCUT2D eigenvalue weighted by Crippen LogP contribution is 2.42. The zero-order chi connectivity index (χ0) is 23.1. The van der Waals surface area contributed by atoms with E-state index in [9.17, 15) is 9.18 Å². The Morgan fingerprint density at radius 1 is 1.15 bits per heavy atom. The van der Waals surface area contributed by atoms with Crippen molar-refractivity contribution in [2.24, 2.45) is 5.10 Å². The molecule has 0 spiro atoms. The van der Waals surface area contributed by atoms with E-state index in [1.807, 2.05) is 34.2 Å². The van der Waals surface area contributed by atoms with Crippen molar-refractivity contribution in [2.45, 2.75) is 36.5 Å². The van der Waals surface area contributed by atoms with Crippen LogP contribution in [0, 0.1) is 5.82 Å². The standard InChI is InChI=1S/C24H20FN5O2S2/c25-17-6-2-1-5-16(17)23-26-27-24(29(23)15-9-10-15)34-14-22(31)30-19(20-7-3-11-32-20)13-18(28-30)21-8-4-12-33-21/h1-8,11-12,15,19H,9-10,13-14H2/t19-/m1/s1. The Labute approximate surface area is 203 Å². The average Bonchev–Trinajstić information content (AvgIpc) is 3.35. The number of hydrogen-bond acceptors (Lipinski definition) is 7. The number of thioether (sulfide) groups is 1. The molecule has 1 atom stereocenters. The van der Waals surface area contributed by atoms with E-state index in [4.69, 9.17) is 4.42 Å². The second kappa shape index (κ2) is 8.84. The summed E-state index contributed by atoms with van der Waals surface area (Å²) < 4.78 is 22.0. The van der Waals surface area contributed by atoms with Gasteiger partial charge in [0.15, 0.2) is 11.0 Å². The average molecular weight is 494 g/mol. The first-order valence-corrected chi connectivity index (χ1v) is 12.8. The Balaban J connectivity index is 1.24. The van der Waals surface area contributed by atoms with E-state index in [0.717, 1.165) is 23.4 Å². The molecule has 4 heterocycles. The van der Waals surface area contributed by atoms with E-state index in [-0.39, 0.29) is 29.6 Å². The van der Waals surface area contributed by atoms with Gasteiger partial charge in [-0.2, -0.15) is 5.10 Å². The van der Waals surface area contributed by atoms with Gasteiger partial charge < -0.3 is 4.42 Å². The highest BCUT2D eigenvalue weighted by molar-refractivity contribution is 7.99. The molecule has 0 N–H and O–H groups in total. The minimum Gasteiger partial charge on any atom is -0.467 e. The van der Waals surface area contributed by atoms with Crippen molar-refractivity contribution in [1.29, 1.82) is 0 Å². The Kier molecular flexibility index (Phi) is 5.54. The molecule has 1 aliphatic carbocycles. The lowest BCUT2D eigenvalue weighted by molar-refractivity contribution is -0.130. The summed E-state index contributed by atoms with van der Waals surface area (Å²) in [6, 6.07) is 14.2. The molecule has 172 valence electrons. The SMILES string of the molecule is O=C(CSc1nnc(-c2ccccc2F)n1C1CC1)N1N=C(c2cccs2)C[C@@H]1c1ccco1. The highest BCUT2D eigenvalue weighted by Gasteiger charge is 2.36. The smallest absolute Gasteiger partial charge is 0.253 e. The Bertz CT molecular complexity index is 1350. The molecular formula is C24H20FN5O2S2. The Hall–Kier alpha value is -3.24. The summed E-state index contributed by atoms with van der Waals surface area (Å²) in [4.78, 5) is 14.4. The number of thiophene rings is 1. The Morgan fingerprint density at radius 2 is 2.03 bits per heavy atom. The molecule has 1 saturated carbocycles. The van der Waals surface area contributed by atoms with Gasteiger partial charge in [-0.3, -0.25) is 9.36 Å². The van der Waals surface area contributed by atoms with E-state index in [1.165, 1.54) is 22.8 Å². The summed E-state index contributed by atoms with van der Waals surface area (Å²) >= 11 is 2.91. The van der Waals surface area contributed by atoms with Crippen LogP contribution in [0.15, 0.2) is 74.8 Å². The summed E-state index contributed by atoms with van der Waals surface area (Å²) in [5, 5.41) is 17.4. The molecule has 3 aromatic heterocycles. The maximum Gasteiger partial charge on any atom is 0.253 e. The highest BCUT2D eigenvalue weighted by atomic mass is 32.2. The maximum atomic E-state index is 14.4. The van der Waals surface area contributed by atoms with Crippen molar-refractivity contribution in [2.75, 3.05) is 5.75 Å². The lowest BCUT2D eigenvalue weighted by atomic mass is 10.1. The third kappa shape index (κ3) is 3.97. The summed E-state index contributed by atoms with van der Waals surface area (Å²) in [7, 11) is 0. The number of carbonyl (C=O) groups is 1. The molecule has 0 saturated heterocycles. The van der Waals surface area contributed by atoms with Gasteiger partial charge in [0, 0.05) is 12.5 Å². The van der Waals surface area contributed by atoms with Gasteiger partial charge in [-0.15, -0.1) is 21.5 Å². The number of furan rings is 1. The van der Waals surface area contributed by atoms with Crippen LogP contribution in [-0.2, 0) is 4.79 Å². The molecule has 0 unspecified atom stereocenters. The van der Waals surface area contributed by atoms with E-state index in [0.29, 0.717) is 28.7 Å². The van der Waals surface area contributed by atoms with Gasteiger partial charge in [0.25, 0.3) is 5.91 Å². The van der Waals surface area contributed by atoms with Gasteiger partial charge in [0.1, 0.15) is 17.6 Å². The number of benzene rings is 1. The number of rotatable bonds is 7. The molecule has 7 nitrogen and oxygen atoms in total. The van der Waals surface area contributed by atoms with Gasteiger partial charge >= 0.3 is 0 Å². The molecule has 1 aliphatic heterocycles. The summed E-state index contributed by atoms with van der Waals surface area (Å²) in [6.07, 6.45) is 4.18. The summed E-state index contributed by atoms with van der Waals surface area (Å²) in [6.45, 7) is 0. The second-order valence-corrected chi connectivity index (χ2v) is 10.1. The molecular weight excluding hydrogens is 473 g/mol. The fourth-order valence-electron chi connectivity index (χ4n) is 4.09. The monoisotopic (exact) mass is 493 g/mol. The lowest BCUT2D eigenvalue weighted by Gasteiger charge is -2.19. The van der Waals surface area contributed by atoms with Crippen molar-refractivity contribution >= 4 is 34.7 Å². The van der Waals surface area contributed by atoms with Crippen molar-refractivity contribution in [3.8, 4) is 11.4 Å². The molecule has 1 fully saturated rings. The van der Waals surface area contributed by atoms with Crippen LogP contribution in [0.4, 0.5) is 4.39 Å². The maximum absolute atomic E-state index is 14.4. The molecule has 34 heavy (non-hydrogen) atoms. The van der Waals surface area contributed by atoms with Crippen LogP contribution in [-0.4, -0.2) is 37.1 Å². The van der Waals surface area contributed by atoms with E-state index in [1.54, 1.807) is 35.8 Å². The second-order valence-electron chi connectivity index (χ2n) is 8.17. The van der Waals surface area contributed by atoms with Crippen molar-refractivity contribution in [3.05, 3.63) is 76.6 Å². The first-order valence-electron chi connectivity index (χ1n) is 11.0. The molecule has 10 heteroatoms. The van der Waals surface area contributed by atoms with Crippen LogP contribution in [0.3, 0.4) is 0 Å². The normalized spacial score (nSPS) is 17.9. The lowest BCUT2D eigenvalue weighted by Crippen LogP contribution is -2.28. The van der Waals surface area contributed by atoms with E-state index in [2.05, 4.69) is 15.3 Å². The third-order valence-electron chi connectivity index (χ3n) is 5.86. The molecule has 4 aromatic rings. The first-order chi connectivity index (χ1) is 16.7. The Morgan fingerprint density at radius 3 is 2.76 bits per heavy atom. The summed E-state index contributed by atoms with van der Waals surface area (Å²) in [5.41, 5.74) is 1.29. The number of nitrogens with zero attached hydrogens (tertiary/aromatic N) is 5. The predicted molar refractivity (Wildman–Crippen MR) is 128 cm³/mol. The first kappa shape index (κ1) is 21.3. The third-order valence-corrected chi connectivity index (χ3v) is 7.71. The summed E-state index contributed by atoms with van der Waals surface area (Å²) in [5.74, 6) is 0.870. The van der Waals surface area contributed by atoms with Crippen LogP contribution in [0.2, 0.25) is 0 Å². The fraction of sp³-hybridized carbons (Fsp3) is 0.250. The number of carbonyl (C=O) groups excluding carboxylic acids is 1. The number of aromatic nitrogens is 3. The fourth-order valence-corrected chi connectivity index (χ4v) is 5.67. The molecule has 0 bridgehead atoms. The van der Waals surface area contributed by atoms with Crippen molar-refractivity contribution in [3.63, 3.8) is 0 Å². The number of amides is 1. The predicted octanol–water partition coefficient (Wildman–Crippen LogP) is 5.54. The zero-order valence-electron chi connectivity index (χ0n) is 18.0. The zero-order valence-corrected chi connectivity index (χ0v) is 19.6. The van der Waals surface area contributed by atoms with Gasteiger partial charge in [0.2, 0.25) is 0 Å². The number of hydrogen-bond donors (Lipinski definition) is 0. The van der Waals surface area contributed by atoms with Gasteiger partial charge in [0.05, 0.1) is 28.2 Å². The van der Waals surface area contributed by atoms with E-state index >= 15 is 0 Å². The number of halogens is 1. The number of hydrazone groups is 1. The van der Waals surface area contributed by atoms with Crippen LogP contribution in [0.25, 0.3) is 11.4 Å². The van der Waals surface area contributed by atoms with E-state index < -0.39 is 0 Å². The van der Waals surface area contributed by atoms with Gasteiger partial charge in [-0.05, 0) is 48.6 Å². The molecule has 2 aliphatic rings. The quantitative estimate of drug-likeness (QED) is 0.316. The molecule has 1 aromatic carbocycles. The van der Waals surface area contributed by atoms with Crippen molar-refractivity contribution < 1.29 is 13.6 Å². The molecule has 0 radical (unpaired) electrons. The van der Waals surface area contributed by atoms with Crippen LogP contribution >= 0.6 is 23.1 Å².